The molecule has 0 radical (unpaired) electrons. The Morgan fingerprint density at radius 3 is 2.60 bits per heavy atom. The van der Waals surface area contributed by atoms with E-state index in [1.807, 2.05) is 0 Å². The van der Waals surface area contributed by atoms with Crippen molar-refractivity contribution in [2.75, 3.05) is 13.1 Å². The van der Waals surface area contributed by atoms with Gasteiger partial charge in [0.25, 0.3) is 0 Å². The fraction of sp³-hybridized carbons (Fsp3) is 0.846. The zero-order valence-electron chi connectivity index (χ0n) is 10.3. The number of hydrogen-bond acceptors (Lipinski definition) is 2. The highest BCUT2D eigenvalue weighted by molar-refractivity contribution is 5.03. The highest BCUT2D eigenvalue weighted by Crippen LogP contribution is 2.43. The van der Waals surface area contributed by atoms with Gasteiger partial charge >= 0.3 is 0 Å². The first-order valence-corrected chi connectivity index (χ1v) is 5.84. The summed E-state index contributed by atoms with van der Waals surface area (Å²) in [6, 6.07) is 0. The second-order valence-corrected chi connectivity index (χ2v) is 5.69. The zero-order chi connectivity index (χ0) is 11.5. The van der Waals surface area contributed by atoms with Crippen molar-refractivity contribution >= 4 is 0 Å². The summed E-state index contributed by atoms with van der Waals surface area (Å²) in [5.74, 6) is 3.25. The van der Waals surface area contributed by atoms with Gasteiger partial charge in [-0.25, -0.2) is 0 Å². The van der Waals surface area contributed by atoms with Crippen LogP contribution in [0.2, 0.25) is 0 Å². The van der Waals surface area contributed by atoms with Crippen molar-refractivity contribution < 1.29 is 0 Å². The Labute approximate surface area is 94.0 Å². The number of nitrogens with one attached hydrogen (secondary N) is 1. The van der Waals surface area contributed by atoms with Crippen LogP contribution in [0.1, 0.15) is 40.0 Å². The Morgan fingerprint density at radius 2 is 2.13 bits per heavy atom. The molecule has 86 valence electrons. The predicted octanol–water partition coefficient (Wildman–Crippen LogP) is 1.75. The molecule has 1 rings (SSSR count). The summed E-state index contributed by atoms with van der Waals surface area (Å²) in [6.07, 6.45) is 8.90. The molecule has 2 unspecified atom stereocenters. The SMILES string of the molecule is C#CCNC1(CN)CCC(C)(C)CC1C. The summed E-state index contributed by atoms with van der Waals surface area (Å²) < 4.78 is 0. The molecule has 1 saturated carbocycles. The average molecular weight is 208 g/mol. The Kier molecular flexibility index (Phi) is 3.81. The van der Waals surface area contributed by atoms with Gasteiger partial charge in [0.05, 0.1) is 6.54 Å². The summed E-state index contributed by atoms with van der Waals surface area (Å²) in [4.78, 5) is 0. The Bertz CT molecular complexity index is 252. The minimum atomic E-state index is 0.0713. The quantitative estimate of drug-likeness (QED) is 0.694. The van der Waals surface area contributed by atoms with Crippen molar-refractivity contribution in [2.45, 2.75) is 45.6 Å². The first-order chi connectivity index (χ1) is 6.96. The maximum absolute atomic E-state index is 5.93. The molecule has 0 spiro atoms. The number of hydrogen-bond donors (Lipinski definition) is 2. The van der Waals surface area contributed by atoms with Crippen LogP contribution < -0.4 is 11.1 Å². The highest BCUT2D eigenvalue weighted by Gasteiger charge is 2.42. The van der Waals surface area contributed by atoms with E-state index in [1.54, 1.807) is 0 Å². The summed E-state index contributed by atoms with van der Waals surface area (Å²) in [5.41, 5.74) is 6.45. The predicted molar refractivity (Wildman–Crippen MR) is 65.4 cm³/mol. The van der Waals surface area contributed by atoms with Gasteiger partial charge in [-0.2, -0.15) is 0 Å². The fourth-order valence-corrected chi connectivity index (χ4v) is 2.80. The van der Waals surface area contributed by atoms with E-state index in [0.29, 0.717) is 24.4 Å². The molecule has 0 aromatic heterocycles. The summed E-state index contributed by atoms with van der Waals surface area (Å²) in [5, 5.41) is 3.46. The largest absolute Gasteiger partial charge is 0.329 e. The van der Waals surface area contributed by atoms with Gasteiger partial charge in [0.1, 0.15) is 0 Å². The zero-order valence-corrected chi connectivity index (χ0v) is 10.3. The second kappa shape index (κ2) is 4.55. The lowest BCUT2D eigenvalue weighted by atomic mass is 9.64. The van der Waals surface area contributed by atoms with Crippen LogP contribution in [0.5, 0.6) is 0 Å². The summed E-state index contributed by atoms with van der Waals surface area (Å²) >= 11 is 0. The maximum atomic E-state index is 5.93. The summed E-state index contributed by atoms with van der Waals surface area (Å²) in [7, 11) is 0. The smallest absolute Gasteiger partial charge is 0.0578 e. The van der Waals surface area contributed by atoms with Crippen LogP contribution in [-0.4, -0.2) is 18.6 Å². The minimum Gasteiger partial charge on any atom is -0.329 e. The van der Waals surface area contributed by atoms with Crippen molar-refractivity contribution in [3.63, 3.8) is 0 Å². The van der Waals surface area contributed by atoms with E-state index >= 15 is 0 Å². The van der Waals surface area contributed by atoms with Gasteiger partial charge in [-0.05, 0) is 30.6 Å². The number of rotatable bonds is 3. The maximum Gasteiger partial charge on any atom is 0.0578 e. The molecular formula is C13H24N2. The normalized spacial score (nSPS) is 34.7. The van der Waals surface area contributed by atoms with Crippen LogP contribution in [0.25, 0.3) is 0 Å². The molecule has 2 heteroatoms. The van der Waals surface area contributed by atoms with Crippen molar-refractivity contribution in [1.29, 1.82) is 0 Å². The molecule has 2 atom stereocenters. The molecule has 3 N–H and O–H groups in total. The lowest BCUT2D eigenvalue weighted by molar-refractivity contribution is 0.0823. The topological polar surface area (TPSA) is 38.0 Å². The van der Waals surface area contributed by atoms with Gasteiger partial charge in [0.2, 0.25) is 0 Å². The van der Waals surface area contributed by atoms with Crippen LogP contribution in [0.3, 0.4) is 0 Å². The third kappa shape index (κ3) is 2.74. The fourth-order valence-electron chi connectivity index (χ4n) is 2.80. The van der Waals surface area contributed by atoms with Crippen LogP contribution >= 0.6 is 0 Å². The summed E-state index contributed by atoms with van der Waals surface area (Å²) in [6.45, 7) is 8.28. The third-order valence-corrected chi connectivity index (χ3v) is 3.96. The standard InChI is InChI=1S/C13H24N2/c1-5-8-15-13(10-14)7-6-12(3,4)9-11(13)2/h1,11,15H,6-10,14H2,2-4H3. The minimum absolute atomic E-state index is 0.0713. The van der Waals surface area contributed by atoms with E-state index in [1.165, 1.54) is 12.8 Å². The van der Waals surface area contributed by atoms with Crippen molar-refractivity contribution in [2.24, 2.45) is 17.1 Å². The van der Waals surface area contributed by atoms with Crippen LogP contribution in [-0.2, 0) is 0 Å². The van der Waals surface area contributed by atoms with Gasteiger partial charge < -0.3 is 5.73 Å². The molecule has 15 heavy (non-hydrogen) atoms. The van der Waals surface area contributed by atoms with Gasteiger partial charge in [-0.3, -0.25) is 5.32 Å². The van der Waals surface area contributed by atoms with E-state index in [2.05, 4.69) is 32.0 Å². The molecule has 0 saturated heterocycles. The average Bonchev–Trinajstić information content (AvgIpc) is 2.17. The van der Waals surface area contributed by atoms with Crippen molar-refractivity contribution in [1.82, 2.24) is 5.32 Å². The molecule has 0 amide bonds. The van der Waals surface area contributed by atoms with Crippen LogP contribution in [0, 0.1) is 23.7 Å². The molecule has 1 aliphatic carbocycles. The first kappa shape index (κ1) is 12.5. The monoisotopic (exact) mass is 208 g/mol. The Morgan fingerprint density at radius 1 is 1.47 bits per heavy atom. The molecular weight excluding hydrogens is 184 g/mol. The molecule has 0 bridgehead atoms. The highest BCUT2D eigenvalue weighted by atomic mass is 15.0. The van der Waals surface area contributed by atoms with Gasteiger partial charge in [-0.1, -0.05) is 26.7 Å². The first-order valence-electron chi connectivity index (χ1n) is 5.84. The van der Waals surface area contributed by atoms with Crippen LogP contribution in [0.15, 0.2) is 0 Å². The molecule has 1 fully saturated rings. The number of terminal acetylenes is 1. The third-order valence-electron chi connectivity index (χ3n) is 3.96. The molecule has 1 aliphatic rings. The van der Waals surface area contributed by atoms with Crippen molar-refractivity contribution in [3.8, 4) is 12.3 Å². The molecule has 0 aliphatic heterocycles. The van der Waals surface area contributed by atoms with Crippen LogP contribution in [0.4, 0.5) is 0 Å². The second-order valence-electron chi connectivity index (χ2n) is 5.69. The van der Waals surface area contributed by atoms with E-state index in [9.17, 15) is 0 Å². The lowest BCUT2D eigenvalue weighted by Crippen LogP contribution is -2.59. The molecule has 0 aromatic rings. The van der Waals surface area contributed by atoms with E-state index in [0.717, 1.165) is 6.42 Å². The van der Waals surface area contributed by atoms with Crippen molar-refractivity contribution in [3.05, 3.63) is 0 Å². The van der Waals surface area contributed by atoms with Gasteiger partial charge in [0, 0.05) is 12.1 Å². The lowest BCUT2D eigenvalue weighted by Gasteiger charge is -2.48. The molecule has 0 aromatic carbocycles. The Hall–Kier alpha value is -0.520. The van der Waals surface area contributed by atoms with E-state index in [4.69, 9.17) is 12.2 Å². The Balaban J connectivity index is 2.71. The van der Waals surface area contributed by atoms with Gasteiger partial charge in [0.15, 0.2) is 0 Å². The van der Waals surface area contributed by atoms with E-state index < -0.39 is 0 Å². The van der Waals surface area contributed by atoms with E-state index in [-0.39, 0.29) is 5.54 Å². The molecule has 0 heterocycles. The number of nitrogens with two attached hydrogens (primary N) is 1. The van der Waals surface area contributed by atoms with Gasteiger partial charge in [-0.15, -0.1) is 6.42 Å². The molecule has 2 nitrogen and oxygen atoms in total.